The molecule has 2 aliphatic heterocycles. The van der Waals surface area contributed by atoms with E-state index in [9.17, 15) is 9.90 Å². The molecule has 0 radical (unpaired) electrons. The van der Waals surface area contributed by atoms with Gasteiger partial charge >= 0.3 is 0 Å². The minimum atomic E-state index is -0.343. The quantitative estimate of drug-likeness (QED) is 0.720. The van der Waals surface area contributed by atoms with Crippen LogP contribution >= 0.6 is 0 Å². The zero-order chi connectivity index (χ0) is 17.6. The molecular formula is C20H31N3O2. The number of likely N-dealkylation sites (tertiary alicyclic amines) is 1. The zero-order valence-electron chi connectivity index (χ0n) is 15.2. The van der Waals surface area contributed by atoms with Crippen LogP contribution in [-0.2, 0) is 11.2 Å². The molecule has 0 aromatic heterocycles. The number of nitrogens with zero attached hydrogens (tertiary/aromatic N) is 1. The second-order valence-corrected chi connectivity index (χ2v) is 7.58. The second kappa shape index (κ2) is 8.79. The first-order chi connectivity index (χ1) is 12.1. The lowest BCUT2D eigenvalue weighted by Crippen LogP contribution is -2.49. The van der Waals surface area contributed by atoms with E-state index in [2.05, 4.69) is 45.9 Å². The molecule has 2 heterocycles. The van der Waals surface area contributed by atoms with Crippen molar-refractivity contribution < 1.29 is 9.90 Å². The number of amides is 1. The van der Waals surface area contributed by atoms with E-state index < -0.39 is 0 Å². The average Bonchev–Trinajstić information content (AvgIpc) is 3.05. The number of carbonyl (C=O) groups is 1. The number of hydrogen-bond acceptors (Lipinski definition) is 4. The fraction of sp³-hybridized carbons (Fsp3) is 0.650. The highest BCUT2D eigenvalue weighted by molar-refractivity contribution is 5.81. The number of aliphatic hydroxyl groups is 1. The zero-order valence-corrected chi connectivity index (χ0v) is 15.2. The molecule has 5 heteroatoms. The van der Waals surface area contributed by atoms with Gasteiger partial charge in [-0.1, -0.05) is 30.3 Å². The number of β-amino-alcohol motifs (C(OH)–C–C–N with tert-alkyl or cyclic N) is 1. The Balaban J connectivity index is 1.40. The molecule has 0 aliphatic carbocycles. The molecule has 1 amide bonds. The molecule has 0 bridgehead atoms. The SMILES string of the molecule is CC(C(=O)NCC1CNCC1O)N1CCC(Cc2ccccc2)CC1. The summed E-state index contributed by atoms with van der Waals surface area (Å²) in [5, 5.41) is 16.0. The predicted octanol–water partition coefficient (Wildman–Crippen LogP) is 1.03. The minimum Gasteiger partial charge on any atom is -0.391 e. The molecule has 0 spiro atoms. The molecule has 25 heavy (non-hydrogen) atoms. The van der Waals surface area contributed by atoms with Crippen LogP contribution in [0.2, 0.25) is 0 Å². The largest absolute Gasteiger partial charge is 0.391 e. The summed E-state index contributed by atoms with van der Waals surface area (Å²) in [7, 11) is 0. The minimum absolute atomic E-state index is 0.0839. The molecule has 3 rings (SSSR count). The number of rotatable bonds is 6. The van der Waals surface area contributed by atoms with Crippen LogP contribution in [0.5, 0.6) is 0 Å². The van der Waals surface area contributed by atoms with Crippen molar-refractivity contribution in [1.29, 1.82) is 0 Å². The summed E-state index contributed by atoms with van der Waals surface area (Å²) in [5.41, 5.74) is 1.41. The third-order valence-corrected chi connectivity index (χ3v) is 5.79. The van der Waals surface area contributed by atoms with Gasteiger partial charge in [-0.25, -0.2) is 0 Å². The first-order valence-corrected chi connectivity index (χ1v) is 9.58. The molecule has 0 saturated carbocycles. The van der Waals surface area contributed by atoms with Crippen molar-refractivity contribution in [2.45, 2.75) is 38.3 Å². The highest BCUT2D eigenvalue weighted by Gasteiger charge is 2.29. The maximum Gasteiger partial charge on any atom is 0.237 e. The summed E-state index contributed by atoms with van der Waals surface area (Å²) in [6, 6.07) is 10.6. The maximum absolute atomic E-state index is 12.4. The van der Waals surface area contributed by atoms with Crippen molar-refractivity contribution in [3.63, 3.8) is 0 Å². The summed E-state index contributed by atoms with van der Waals surface area (Å²) in [6.07, 6.45) is 3.10. The summed E-state index contributed by atoms with van der Waals surface area (Å²) in [5.74, 6) is 0.932. The Morgan fingerprint density at radius 2 is 2.00 bits per heavy atom. The van der Waals surface area contributed by atoms with Gasteiger partial charge in [-0.15, -0.1) is 0 Å². The molecule has 3 atom stereocenters. The monoisotopic (exact) mass is 345 g/mol. The Hall–Kier alpha value is -1.43. The molecule has 3 unspecified atom stereocenters. The average molecular weight is 345 g/mol. The van der Waals surface area contributed by atoms with E-state index >= 15 is 0 Å². The van der Waals surface area contributed by atoms with Crippen LogP contribution in [0, 0.1) is 11.8 Å². The van der Waals surface area contributed by atoms with Gasteiger partial charge in [0.15, 0.2) is 0 Å². The Labute approximate surface area is 150 Å². The van der Waals surface area contributed by atoms with Gasteiger partial charge in [0, 0.05) is 25.6 Å². The molecule has 1 aromatic carbocycles. The first kappa shape index (κ1) is 18.4. The number of benzene rings is 1. The van der Waals surface area contributed by atoms with Gasteiger partial charge in [0.1, 0.15) is 0 Å². The third-order valence-electron chi connectivity index (χ3n) is 5.79. The van der Waals surface area contributed by atoms with Gasteiger partial charge in [-0.2, -0.15) is 0 Å². The summed E-state index contributed by atoms with van der Waals surface area (Å²) >= 11 is 0. The van der Waals surface area contributed by atoms with Crippen LogP contribution in [0.15, 0.2) is 30.3 Å². The van der Waals surface area contributed by atoms with E-state index in [1.165, 1.54) is 5.56 Å². The molecule has 3 N–H and O–H groups in total. The third kappa shape index (κ3) is 5.03. The van der Waals surface area contributed by atoms with Gasteiger partial charge in [0.2, 0.25) is 5.91 Å². The Kier molecular flexibility index (Phi) is 6.45. The predicted molar refractivity (Wildman–Crippen MR) is 99.3 cm³/mol. The van der Waals surface area contributed by atoms with Crippen molar-refractivity contribution in [2.75, 3.05) is 32.7 Å². The van der Waals surface area contributed by atoms with Crippen LogP contribution in [0.1, 0.15) is 25.3 Å². The molecule has 2 fully saturated rings. The van der Waals surface area contributed by atoms with Crippen molar-refractivity contribution in [3.05, 3.63) is 35.9 Å². The lowest BCUT2D eigenvalue weighted by Gasteiger charge is -2.35. The Bertz CT molecular complexity index is 543. The topological polar surface area (TPSA) is 64.6 Å². The molecule has 1 aromatic rings. The van der Waals surface area contributed by atoms with E-state index in [1.807, 2.05) is 6.92 Å². The van der Waals surface area contributed by atoms with Crippen LogP contribution in [0.25, 0.3) is 0 Å². The molecule has 5 nitrogen and oxygen atoms in total. The van der Waals surface area contributed by atoms with E-state index in [-0.39, 0.29) is 24.0 Å². The van der Waals surface area contributed by atoms with Gasteiger partial charge in [0.25, 0.3) is 0 Å². The number of carbonyl (C=O) groups excluding carboxylic acids is 1. The summed E-state index contributed by atoms with van der Waals surface area (Å²) in [4.78, 5) is 14.7. The molecule has 138 valence electrons. The lowest BCUT2D eigenvalue weighted by molar-refractivity contribution is -0.126. The molecular weight excluding hydrogens is 314 g/mol. The smallest absolute Gasteiger partial charge is 0.237 e. The van der Waals surface area contributed by atoms with Gasteiger partial charge < -0.3 is 15.7 Å². The van der Waals surface area contributed by atoms with Gasteiger partial charge in [-0.05, 0) is 50.8 Å². The van der Waals surface area contributed by atoms with Gasteiger partial charge in [-0.3, -0.25) is 9.69 Å². The van der Waals surface area contributed by atoms with E-state index in [0.29, 0.717) is 19.0 Å². The number of piperidine rings is 1. The Morgan fingerprint density at radius 3 is 2.64 bits per heavy atom. The first-order valence-electron chi connectivity index (χ1n) is 9.58. The molecule has 2 aliphatic rings. The standard InChI is InChI=1S/C20H31N3O2/c1-15(20(25)22-13-18-12-21-14-19(18)24)23-9-7-17(8-10-23)11-16-5-3-2-4-6-16/h2-6,15,17-19,21,24H,7-14H2,1H3,(H,22,25). The van der Waals surface area contributed by atoms with Crippen molar-refractivity contribution in [3.8, 4) is 0 Å². The normalized spacial score (nSPS) is 26.5. The summed E-state index contributed by atoms with van der Waals surface area (Å²) in [6.45, 7) is 5.93. The van der Waals surface area contributed by atoms with Crippen LogP contribution in [-0.4, -0.2) is 60.8 Å². The van der Waals surface area contributed by atoms with E-state index in [1.54, 1.807) is 0 Å². The fourth-order valence-corrected chi connectivity index (χ4v) is 3.96. The maximum atomic E-state index is 12.4. The van der Waals surface area contributed by atoms with E-state index in [4.69, 9.17) is 0 Å². The van der Waals surface area contributed by atoms with Gasteiger partial charge in [0.05, 0.1) is 12.1 Å². The Morgan fingerprint density at radius 1 is 1.28 bits per heavy atom. The van der Waals surface area contributed by atoms with Crippen molar-refractivity contribution in [2.24, 2.45) is 11.8 Å². The highest BCUT2D eigenvalue weighted by atomic mass is 16.3. The van der Waals surface area contributed by atoms with Crippen LogP contribution < -0.4 is 10.6 Å². The highest BCUT2D eigenvalue weighted by Crippen LogP contribution is 2.23. The number of aliphatic hydroxyl groups excluding tert-OH is 1. The van der Waals surface area contributed by atoms with Crippen LogP contribution in [0.3, 0.4) is 0 Å². The molecule has 2 saturated heterocycles. The van der Waals surface area contributed by atoms with Crippen LogP contribution in [0.4, 0.5) is 0 Å². The number of hydrogen-bond donors (Lipinski definition) is 3. The summed E-state index contributed by atoms with van der Waals surface area (Å²) < 4.78 is 0. The van der Waals surface area contributed by atoms with E-state index in [0.717, 1.165) is 38.9 Å². The second-order valence-electron chi connectivity index (χ2n) is 7.58. The fourth-order valence-electron chi connectivity index (χ4n) is 3.96. The lowest BCUT2D eigenvalue weighted by atomic mass is 9.89. The van der Waals surface area contributed by atoms with Crippen molar-refractivity contribution >= 4 is 5.91 Å². The number of nitrogens with one attached hydrogen (secondary N) is 2. The van der Waals surface area contributed by atoms with Crippen molar-refractivity contribution in [1.82, 2.24) is 15.5 Å².